The molecule has 0 atom stereocenters. The molecule has 0 aliphatic carbocycles. The maximum absolute atomic E-state index is 12.9. The highest BCUT2D eigenvalue weighted by Crippen LogP contribution is 2.16. The summed E-state index contributed by atoms with van der Waals surface area (Å²) in [5.74, 6) is -0.804. The number of nitrogens with two attached hydrogens (primary N) is 1. The van der Waals surface area contributed by atoms with Crippen molar-refractivity contribution in [3.8, 4) is 0 Å². The predicted octanol–water partition coefficient (Wildman–Crippen LogP) is 1.20. The van der Waals surface area contributed by atoms with Crippen LogP contribution in [0.25, 0.3) is 0 Å². The summed E-state index contributed by atoms with van der Waals surface area (Å²) in [6, 6.07) is 3.30. The second kappa shape index (κ2) is 4.61. The summed E-state index contributed by atoms with van der Waals surface area (Å²) in [4.78, 5) is 12.7. The Morgan fingerprint density at radius 2 is 2.12 bits per heavy atom. The molecule has 6 heteroatoms. The van der Waals surface area contributed by atoms with Crippen LogP contribution in [-0.2, 0) is 0 Å². The summed E-state index contributed by atoms with van der Waals surface area (Å²) in [7, 11) is 3.15. The number of halogens is 1. The third-order valence-electron chi connectivity index (χ3n) is 1.92. The van der Waals surface area contributed by atoms with E-state index in [1.807, 2.05) is 0 Å². The van der Waals surface area contributed by atoms with Gasteiger partial charge in [0.25, 0.3) is 0 Å². The molecule has 0 aliphatic rings. The van der Waals surface area contributed by atoms with E-state index in [0.29, 0.717) is 5.69 Å². The van der Waals surface area contributed by atoms with Crippen molar-refractivity contribution >= 4 is 17.6 Å². The van der Waals surface area contributed by atoms with Crippen molar-refractivity contribution in [3.05, 3.63) is 29.6 Å². The first-order valence-corrected chi connectivity index (χ1v) is 4.54. The number of urea groups is 1. The van der Waals surface area contributed by atoms with Gasteiger partial charge in [0.1, 0.15) is 11.7 Å². The zero-order valence-corrected chi connectivity index (χ0v) is 9.04. The van der Waals surface area contributed by atoms with Crippen molar-refractivity contribution in [1.82, 2.24) is 4.90 Å². The molecule has 4 N–H and O–H groups in total. The van der Waals surface area contributed by atoms with Crippen LogP contribution in [0.15, 0.2) is 18.2 Å². The zero-order chi connectivity index (χ0) is 12.3. The number of anilines is 1. The van der Waals surface area contributed by atoms with Gasteiger partial charge in [0, 0.05) is 19.7 Å². The van der Waals surface area contributed by atoms with E-state index >= 15 is 0 Å². The van der Waals surface area contributed by atoms with Gasteiger partial charge in [-0.25, -0.2) is 9.18 Å². The van der Waals surface area contributed by atoms with Crippen LogP contribution in [0.5, 0.6) is 0 Å². The van der Waals surface area contributed by atoms with Gasteiger partial charge in [-0.15, -0.1) is 0 Å². The molecule has 0 heterocycles. The first kappa shape index (κ1) is 12.0. The Hall–Kier alpha value is -2.11. The van der Waals surface area contributed by atoms with Gasteiger partial charge in [-0.1, -0.05) is 0 Å². The number of nitrogens with zero attached hydrogens (tertiary/aromatic N) is 1. The average Bonchev–Trinajstić information content (AvgIpc) is 2.20. The molecule has 5 nitrogen and oxygen atoms in total. The zero-order valence-electron chi connectivity index (χ0n) is 9.04. The second-order valence-corrected chi connectivity index (χ2v) is 3.43. The molecule has 0 unspecified atom stereocenters. The average molecular weight is 224 g/mol. The Labute approximate surface area is 92.6 Å². The second-order valence-electron chi connectivity index (χ2n) is 3.43. The van der Waals surface area contributed by atoms with Gasteiger partial charge in [0.2, 0.25) is 0 Å². The Kier molecular flexibility index (Phi) is 3.44. The third kappa shape index (κ3) is 2.69. The molecule has 0 saturated carbocycles. The summed E-state index contributed by atoms with van der Waals surface area (Å²) in [5, 5.41) is 9.79. The number of carbonyl (C=O) groups excluding carboxylic acids is 1. The third-order valence-corrected chi connectivity index (χ3v) is 1.92. The Bertz CT molecular complexity index is 431. The topological polar surface area (TPSA) is 82.2 Å². The van der Waals surface area contributed by atoms with E-state index in [9.17, 15) is 9.18 Å². The van der Waals surface area contributed by atoms with E-state index in [1.54, 1.807) is 14.1 Å². The lowest BCUT2D eigenvalue weighted by atomic mass is 10.1. The maximum atomic E-state index is 12.9. The SMILES string of the molecule is CN(C)C(=O)Nc1ccc(F)cc1C(=N)N. The monoisotopic (exact) mass is 224 g/mol. The molecule has 1 rings (SSSR count). The van der Waals surface area contributed by atoms with Crippen molar-refractivity contribution in [2.45, 2.75) is 0 Å². The number of nitrogens with one attached hydrogen (secondary N) is 2. The Morgan fingerprint density at radius 3 is 2.62 bits per heavy atom. The van der Waals surface area contributed by atoms with Gasteiger partial charge in [-0.05, 0) is 18.2 Å². The molecule has 86 valence electrons. The molecule has 2 amide bonds. The number of hydrogen-bond acceptors (Lipinski definition) is 2. The van der Waals surface area contributed by atoms with Crippen molar-refractivity contribution in [2.24, 2.45) is 5.73 Å². The largest absolute Gasteiger partial charge is 0.384 e. The number of hydrogen-bond donors (Lipinski definition) is 3. The summed E-state index contributed by atoms with van der Waals surface area (Å²) < 4.78 is 12.9. The van der Waals surface area contributed by atoms with Crippen LogP contribution in [0.4, 0.5) is 14.9 Å². The lowest BCUT2D eigenvalue weighted by Gasteiger charge is -2.14. The van der Waals surface area contributed by atoms with Crippen molar-refractivity contribution < 1.29 is 9.18 Å². The summed E-state index contributed by atoms with van der Waals surface area (Å²) >= 11 is 0. The molecule has 0 bridgehead atoms. The molecular weight excluding hydrogens is 211 g/mol. The van der Waals surface area contributed by atoms with E-state index in [0.717, 1.165) is 6.07 Å². The van der Waals surface area contributed by atoms with Gasteiger partial charge in [0.05, 0.1) is 5.69 Å². The van der Waals surface area contributed by atoms with Crippen LogP contribution >= 0.6 is 0 Å². The molecule has 0 saturated heterocycles. The Balaban J connectivity index is 3.04. The number of amides is 2. The van der Waals surface area contributed by atoms with E-state index in [2.05, 4.69) is 5.32 Å². The van der Waals surface area contributed by atoms with Crippen LogP contribution in [0.2, 0.25) is 0 Å². The van der Waals surface area contributed by atoms with Crippen LogP contribution in [0, 0.1) is 11.2 Å². The number of carbonyl (C=O) groups is 1. The molecule has 0 aromatic heterocycles. The van der Waals surface area contributed by atoms with E-state index in [-0.39, 0.29) is 17.4 Å². The lowest BCUT2D eigenvalue weighted by Crippen LogP contribution is -2.28. The molecule has 1 aromatic carbocycles. The van der Waals surface area contributed by atoms with Crippen molar-refractivity contribution in [3.63, 3.8) is 0 Å². The van der Waals surface area contributed by atoms with Crippen LogP contribution in [0.1, 0.15) is 5.56 Å². The molecule has 1 aromatic rings. The molecular formula is C10H13FN4O. The van der Waals surface area contributed by atoms with Gasteiger partial charge in [0.15, 0.2) is 0 Å². The highest BCUT2D eigenvalue weighted by molar-refractivity contribution is 6.03. The fraction of sp³-hybridized carbons (Fsp3) is 0.200. The van der Waals surface area contributed by atoms with Crippen LogP contribution in [0.3, 0.4) is 0 Å². The van der Waals surface area contributed by atoms with Gasteiger partial charge in [-0.3, -0.25) is 5.41 Å². The minimum atomic E-state index is -0.506. The molecule has 0 aliphatic heterocycles. The quantitative estimate of drug-likeness (QED) is 0.521. The van der Waals surface area contributed by atoms with Crippen molar-refractivity contribution in [2.75, 3.05) is 19.4 Å². The van der Waals surface area contributed by atoms with Crippen molar-refractivity contribution in [1.29, 1.82) is 5.41 Å². The van der Waals surface area contributed by atoms with E-state index in [1.165, 1.54) is 17.0 Å². The Morgan fingerprint density at radius 1 is 1.50 bits per heavy atom. The highest BCUT2D eigenvalue weighted by atomic mass is 19.1. The fourth-order valence-corrected chi connectivity index (χ4v) is 1.08. The number of benzene rings is 1. The molecule has 0 fully saturated rings. The normalized spacial score (nSPS) is 9.69. The standard InChI is InChI=1S/C10H13FN4O/c1-15(2)10(16)14-8-4-3-6(11)5-7(8)9(12)13/h3-5H,1-2H3,(H3,12,13)(H,14,16). The molecule has 0 radical (unpaired) electrons. The minimum Gasteiger partial charge on any atom is -0.384 e. The minimum absolute atomic E-state index is 0.162. The van der Waals surface area contributed by atoms with Crippen LogP contribution in [-0.4, -0.2) is 30.9 Å². The smallest absolute Gasteiger partial charge is 0.321 e. The van der Waals surface area contributed by atoms with E-state index in [4.69, 9.17) is 11.1 Å². The van der Waals surface area contributed by atoms with Gasteiger partial charge in [-0.2, -0.15) is 0 Å². The molecule has 16 heavy (non-hydrogen) atoms. The molecule has 0 spiro atoms. The summed E-state index contributed by atoms with van der Waals surface area (Å²) in [5.41, 5.74) is 5.76. The van der Waals surface area contributed by atoms with Gasteiger partial charge >= 0.3 is 6.03 Å². The maximum Gasteiger partial charge on any atom is 0.321 e. The number of amidine groups is 1. The fourth-order valence-electron chi connectivity index (χ4n) is 1.08. The summed E-state index contributed by atoms with van der Waals surface area (Å²) in [6.07, 6.45) is 0. The first-order valence-electron chi connectivity index (χ1n) is 4.54. The predicted molar refractivity (Wildman–Crippen MR) is 60.1 cm³/mol. The summed E-state index contributed by atoms with van der Waals surface area (Å²) in [6.45, 7) is 0. The number of nitrogen functional groups attached to an aromatic ring is 1. The highest BCUT2D eigenvalue weighted by Gasteiger charge is 2.10. The number of rotatable bonds is 2. The first-order chi connectivity index (χ1) is 7.41. The lowest BCUT2D eigenvalue weighted by molar-refractivity contribution is 0.230. The van der Waals surface area contributed by atoms with Crippen LogP contribution < -0.4 is 11.1 Å². The van der Waals surface area contributed by atoms with Gasteiger partial charge < -0.3 is 16.0 Å². The van der Waals surface area contributed by atoms with E-state index < -0.39 is 5.82 Å².